The highest BCUT2D eigenvalue weighted by atomic mass is 16.6. The molecule has 0 aliphatic rings. The quantitative estimate of drug-likeness (QED) is 0.199. The predicted molar refractivity (Wildman–Crippen MR) is 113 cm³/mol. The van der Waals surface area contributed by atoms with E-state index in [-0.39, 0.29) is 6.61 Å². The molecule has 0 radical (unpaired) electrons. The molecule has 0 spiro atoms. The Morgan fingerprint density at radius 1 is 0.400 bits per heavy atom. The van der Waals surface area contributed by atoms with Crippen LogP contribution in [0.3, 0.4) is 0 Å². The van der Waals surface area contributed by atoms with Gasteiger partial charge < -0.3 is 43.0 Å². The summed E-state index contributed by atoms with van der Waals surface area (Å²) >= 11 is 0. The van der Waals surface area contributed by atoms with Crippen LogP contribution in [0.5, 0.6) is 0 Å². The lowest BCUT2D eigenvalue weighted by atomic mass is 10.1. The molecule has 0 rings (SSSR count). The summed E-state index contributed by atoms with van der Waals surface area (Å²) in [7, 11) is 0. The Labute approximate surface area is 182 Å². The van der Waals surface area contributed by atoms with Gasteiger partial charge in [0.15, 0.2) is 0 Å². The molecular formula is C21H44O9. The van der Waals surface area contributed by atoms with E-state index in [9.17, 15) is 0 Å². The van der Waals surface area contributed by atoms with Crippen LogP contribution in [0.4, 0.5) is 0 Å². The van der Waals surface area contributed by atoms with Crippen molar-refractivity contribution in [1.29, 1.82) is 0 Å². The van der Waals surface area contributed by atoms with Crippen molar-refractivity contribution < 1.29 is 43.0 Å². The summed E-state index contributed by atoms with van der Waals surface area (Å²) in [6.45, 7) is 13.1. The standard InChI is InChI=1S/C21H44O9/c1-21(2)3-5-23-7-9-25-11-13-27-15-17-29-19-20-30-18-16-28-14-12-26-10-8-24-6-4-22/h21-22H,3-20H2,1-2H3. The van der Waals surface area contributed by atoms with E-state index >= 15 is 0 Å². The Bertz CT molecular complexity index is 306. The molecule has 9 nitrogen and oxygen atoms in total. The molecule has 9 heteroatoms. The minimum Gasteiger partial charge on any atom is -0.394 e. The van der Waals surface area contributed by atoms with E-state index in [1.165, 1.54) is 0 Å². The van der Waals surface area contributed by atoms with Crippen molar-refractivity contribution in [2.75, 3.05) is 112 Å². The normalized spacial score (nSPS) is 11.6. The average Bonchev–Trinajstić information content (AvgIpc) is 2.73. The van der Waals surface area contributed by atoms with Crippen LogP contribution in [0.25, 0.3) is 0 Å². The largest absolute Gasteiger partial charge is 0.394 e. The van der Waals surface area contributed by atoms with Crippen LogP contribution in [-0.2, 0) is 37.9 Å². The zero-order chi connectivity index (χ0) is 22.0. The smallest absolute Gasteiger partial charge is 0.0701 e. The van der Waals surface area contributed by atoms with E-state index in [1.54, 1.807) is 0 Å². The third-order valence-electron chi connectivity index (χ3n) is 3.68. The topological polar surface area (TPSA) is 94.1 Å². The molecule has 0 aliphatic heterocycles. The zero-order valence-corrected chi connectivity index (χ0v) is 19.0. The maximum Gasteiger partial charge on any atom is 0.0701 e. The van der Waals surface area contributed by atoms with E-state index in [4.69, 9.17) is 43.0 Å². The molecule has 0 aromatic rings. The number of rotatable bonds is 26. The molecule has 0 unspecified atom stereocenters. The van der Waals surface area contributed by atoms with Gasteiger partial charge in [0.25, 0.3) is 0 Å². The van der Waals surface area contributed by atoms with Crippen LogP contribution < -0.4 is 0 Å². The summed E-state index contributed by atoms with van der Waals surface area (Å²) in [5, 5.41) is 8.54. The van der Waals surface area contributed by atoms with Crippen LogP contribution in [0, 0.1) is 5.92 Å². The van der Waals surface area contributed by atoms with Crippen LogP contribution in [-0.4, -0.2) is 117 Å². The average molecular weight is 441 g/mol. The Hall–Kier alpha value is -0.360. The van der Waals surface area contributed by atoms with Crippen LogP contribution in [0.15, 0.2) is 0 Å². The molecule has 0 amide bonds. The fourth-order valence-electron chi connectivity index (χ4n) is 2.03. The molecule has 30 heavy (non-hydrogen) atoms. The molecule has 182 valence electrons. The molecule has 0 fully saturated rings. The summed E-state index contributed by atoms with van der Waals surface area (Å²) in [4.78, 5) is 0. The highest BCUT2D eigenvalue weighted by Gasteiger charge is 1.96. The maximum atomic E-state index is 8.54. The Morgan fingerprint density at radius 2 is 0.633 bits per heavy atom. The monoisotopic (exact) mass is 440 g/mol. The second-order valence-corrected chi connectivity index (χ2v) is 6.81. The number of aliphatic hydroxyl groups is 1. The first-order chi connectivity index (χ1) is 14.8. The molecule has 0 aromatic heterocycles. The van der Waals surface area contributed by atoms with E-state index in [1.807, 2.05) is 0 Å². The number of aliphatic hydroxyl groups excluding tert-OH is 1. The Balaban J connectivity index is 2.99. The molecule has 0 saturated carbocycles. The highest BCUT2D eigenvalue weighted by Crippen LogP contribution is 1.98. The highest BCUT2D eigenvalue weighted by molar-refractivity contribution is 4.42. The number of ether oxygens (including phenoxy) is 8. The van der Waals surface area contributed by atoms with Crippen molar-refractivity contribution in [1.82, 2.24) is 0 Å². The third-order valence-corrected chi connectivity index (χ3v) is 3.68. The minimum absolute atomic E-state index is 0.0345. The summed E-state index contributed by atoms with van der Waals surface area (Å²) in [6.07, 6.45) is 1.08. The first-order valence-corrected chi connectivity index (χ1v) is 11.0. The fraction of sp³-hybridized carbons (Fsp3) is 1.00. The number of hydrogen-bond donors (Lipinski definition) is 1. The van der Waals surface area contributed by atoms with Crippen molar-refractivity contribution >= 4 is 0 Å². The van der Waals surface area contributed by atoms with Gasteiger partial charge >= 0.3 is 0 Å². The van der Waals surface area contributed by atoms with Gasteiger partial charge in [-0.3, -0.25) is 0 Å². The summed E-state index contributed by atoms with van der Waals surface area (Å²) in [6, 6.07) is 0. The molecular weight excluding hydrogens is 396 g/mol. The summed E-state index contributed by atoms with van der Waals surface area (Å²) in [5.41, 5.74) is 0. The molecule has 0 atom stereocenters. The van der Waals surface area contributed by atoms with Gasteiger partial charge in [-0.05, 0) is 12.3 Å². The molecule has 1 N–H and O–H groups in total. The van der Waals surface area contributed by atoms with Crippen molar-refractivity contribution in [3.63, 3.8) is 0 Å². The van der Waals surface area contributed by atoms with Gasteiger partial charge in [-0.15, -0.1) is 0 Å². The molecule has 0 bridgehead atoms. The van der Waals surface area contributed by atoms with Crippen LogP contribution in [0.2, 0.25) is 0 Å². The first kappa shape index (κ1) is 29.6. The Morgan fingerprint density at radius 3 is 0.867 bits per heavy atom. The Kier molecular flexibility index (Phi) is 26.4. The predicted octanol–water partition coefficient (Wildman–Crippen LogP) is 1.16. The maximum absolute atomic E-state index is 8.54. The van der Waals surface area contributed by atoms with E-state index in [0.717, 1.165) is 13.0 Å². The van der Waals surface area contributed by atoms with Gasteiger partial charge in [0, 0.05) is 6.61 Å². The molecule has 0 aliphatic carbocycles. The van der Waals surface area contributed by atoms with Crippen LogP contribution in [0.1, 0.15) is 20.3 Å². The lowest BCUT2D eigenvalue weighted by molar-refractivity contribution is -0.0239. The van der Waals surface area contributed by atoms with E-state index < -0.39 is 0 Å². The summed E-state index contributed by atoms with van der Waals surface area (Å²) < 4.78 is 42.9. The molecule has 0 saturated heterocycles. The summed E-state index contributed by atoms with van der Waals surface area (Å²) in [5.74, 6) is 0.674. The molecule has 0 aromatic carbocycles. The SMILES string of the molecule is CC(C)CCOCCOCCOCCOCCOCCOCCOCCOCCO. The second-order valence-electron chi connectivity index (χ2n) is 6.81. The molecule has 0 heterocycles. The third kappa shape index (κ3) is 27.6. The minimum atomic E-state index is 0.0345. The van der Waals surface area contributed by atoms with Crippen molar-refractivity contribution in [3.05, 3.63) is 0 Å². The van der Waals surface area contributed by atoms with Crippen molar-refractivity contribution in [3.8, 4) is 0 Å². The van der Waals surface area contributed by atoms with E-state index in [2.05, 4.69) is 13.8 Å². The van der Waals surface area contributed by atoms with Gasteiger partial charge in [-0.1, -0.05) is 13.8 Å². The van der Waals surface area contributed by atoms with Crippen LogP contribution >= 0.6 is 0 Å². The van der Waals surface area contributed by atoms with Gasteiger partial charge in [0.05, 0.1) is 106 Å². The number of hydrogen-bond acceptors (Lipinski definition) is 9. The van der Waals surface area contributed by atoms with Gasteiger partial charge in [0.2, 0.25) is 0 Å². The second kappa shape index (κ2) is 26.7. The van der Waals surface area contributed by atoms with Crippen molar-refractivity contribution in [2.24, 2.45) is 5.92 Å². The lowest BCUT2D eigenvalue weighted by Crippen LogP contribution is -2.15. The van der Waals surface area contributed by atoms with Crippen molar-refractivity contribution in [2.45, 2.75) is 20.3 Å². The van der Waals surface area contributed by atoms with Gasteiger partial charge in [-0.2, -0.15) is 0 Å². The lowest BCUT2D eigenvalue weighted by Gasteiger charge is -2.09. The van der Waals surface area contributed by atoms with Gasteiger partial charge in [-0.25, -0.2) is 0 Å². The van der Waals surface area contributed by atoms with Gasteiger partial charge in [0.1, 0.15) is 0 Å². The zero-order valence-electron chi connectivity index (χ0n) is 19.0. The van der Waals surface area contributed by atoms with E-state index in [0.29, 0.717) is 105 Å². The first-order valence-electron chi connectivity index (χ1n) is 11.0. The fourth-order valence-corrected chi connectivity index (χ4v) is 2.03.